The zero-order chi connectivity index (χ0) is 15.2. The fourth-order valence-electron chi connectivity index (χ4n) is 3.00. The van der Waals surface area contributed by atoms with E-state index in [4.69, 9.17) is 0 Å². The van der Waals surface area contributed by atoms with Crippen LogP contribution in [-0.2, 0) is 0 Å². The van der Waals surface area contributed by atoms with Crippen molar-refractivity contribution in [2.75, 3.05) is 27.2 Å². The van der Waals surface area contributed by atoms with Crippen molar-refractivity contribution in [1.82, 2.24) is 10.2 Å². The lowest BCUT2D eigenvalue weighted by molar-refractivity contribution is 0.157. The van der Waals surface area contributed by atoms with Crippen LogP contribution in [0.25, 0.3) is 0 Å². The van der Waals surface area contributed by atoms with Crippen LogP contribution in [0, 0.1) is 11.3 Å². The van der Waals surface area contributed by atoms with Crippen molar-refractivity contribution in [2.45, 2.75) is 40.2 Å². The molecule has 1 unspecified atom stereocenters. The maximum absolute atomic E-state index is 3.50. The van der Waals surface area contributed by atoms with Gasteiger partial charge >= 0.3 is 0 Å². The summed E-state index contributed by atoms with van der Waals surface area (Å²) in [5.41, 5.74) is 1.57. The second kappa shape index (κ2) is 7.80. The molecule has 1 atom stereocenters. The van der Waals surface area contributed by atoms with Crippen LogP contribution in [0.4, 0.5) is 0 Å². The summed E-state index contributed by atoms with van der Waals surface area (Å²) in [6, 6.07) is 11.1. The van der Waals surface area contributed by atoms with Crippen molar-refractivity contribution in [3.8, 4) is 0 Å². The fraction of sp³-hybridized carbons (Fsp3) is 0.667. The third-order valence-corrected chi connectivity index (χ3v) is 3.97. The molecule has 0 aliphatic heterocycles. The molecule has 2 heteroatoms. The number of benzene rings is 1. The zero-order valence-corrected chi connectivity index (χ0v) is 14.1. The third kappa shape index (κ3) is 5.26. The van der Waals surface area contributed by atoms with E-state index in [2.05, 4.69) is 82.3 Å². The molecule has 0 saturated carbocycles. The molecule has 114 valence electrons. The Hall–Kier alpha value is -0.860. The van der Waals surface area contributed by atoms with Gasteiger partial charge in [-0.3, -0.25) is 0 Å². The van der Waals surface area contributed by atoms with Gasteiger partial charge in [-0.05, 0) is 44.0 Å². The van der Waals surface area contributed by atoms with E-state index in [9.17, 15) is 0 Å². The Kier molecular flexibility index (Phi) is 6.70. The summed E-state index contributed by atoms with van der Waals surface area (Å²) < 4.78 is 0. The van der Waals surface area contributed by atoms with Gasteiger partial charge in [-0.25, -0.2) is 0 Å². The maximum atomic E-state index is 3.50. The summed E-state index contributed by atoms with van der Waals surface area (Å²) in [4.78, 5) is 2.47. The lowest BCUT2D eigenvalue weighted by Gasteiger charge is -2.38. The molecular weight excluding hydrogens is 244 g/mol. The molecular formula is C18H32N2. The van der Waals surface area contributed by atoms with Crippen LogP contribution >= 0.6 is 0 Å². The van der Waals surface area contributed by atoms with Gasteiger partial charge in [-0.1, -0.05) is 58.0 Å². The summed E-state index contributed by atoms with van der Waals surface area (Å²) in [6.07, 6.45) is 1.27. The van der Waals surface area contributed by atoms with Crippen LogP contribution in [0.5, 0.6) is 0 Å². The normalized spacial score (nSPS) is 14.0. The molecule has 0 saturated heterocycles. The van der Waals surface area contributed by atoms with Gasteiger partial charge in [0.1, 0.15) is 0 Å². The predicted molar refractivity (Wildman–Crippen MR) is 89.0 cm³/mol. The number of hydrogen-bond donors (Lipinski definition) is 1. The maximum Gasteiger partial charge on any atom is 0.0381 e. The minimum Gasteiger partial charge on any atom is -0.313 e. The monoisotopic (exact) mass is 276 g/mol. The first-order valence-corrected chi connectivity index (χ1v) is 7.77. The summed E-state index contributed by atoms with van der Waals surface area (Å²) in [7, 11) is 4.30. The SMILES string of the molecule is CNC(c1ccccc1)C(C)(C)CN(C)CCC(C)C. The van der Waals surface area contributed by atoms with Gasteiger partial charge < -0.3 is 10.2 Å². The van der Waals surface area contributed by atoms with Crippen molar-refractivity contribution in [2.24, 2.45) is 11.3 Å². The molecule has 0 aliphatic carbocycles. The van der Waals surface area contributed by atoms with Crippen LogP contribution in [0.3, 0.4) is 0 Å². The van der Waals surface area contributed by atoms with E-state index in [-0.39, 0.29) is 5.41 Å². The van der Waals surface area contributed by atoms with E-state index < -0.39 is 0 Å². The van der Waals surface area contributed by atoms with Gasteiger partial charge in [0.05, 0.1) is 0 Å². The molecule has 1 rings (SSSR count). The van der Waals surface area contributed by atoms with E-state index in [0.717, 1.165) is 12.5 Å². The zero-order valence-electron chi connectivity index (χ0n) is 14.1. The molecule has 0 aromatic heterocycles. The van der Waals surface area contributed by atoms with Crippen LogP contribution < -0.4 is 5.32 Å². The highest BCUT2D eigenvalue weighted by molar-refractivity contribution is 5.21. The molecule has 0 heterocycles. The van der Waals surface area contributed by atoms with E-state index in [0.29, 0.717) is 6.04 Å². The molecule has 2 nitrogen and oxygen atoms in total. The van der Waals surface area contributed by atoms with Crippen LogP contribution in [-0.4, -0.2) is 32.1 Å². The van der Waals surface area contributed by atoms with Gasteiger partial charge in [0.2, 0.25) is 0 Å². The predicted octanol–water partition coefficient (Wildman–Crippen LogP) is 3.95. The highest BCUT2D eigenvalue weighted by Crippen LogP contribution is 2.33. The second-order valence-corrected chi connectivity index (χ2v) is 7.04. The lowest BCUT2D eigenvalue weighted by Crippen LogP contribution is -2.41. The minimum absolute atomic E-state index is 0.196. The molecule has 0 spiro atoms. The van der Waals surface area contributed by atoms with Gasteiger partial charge in [-0.2, -0.15) is 0 Å². The van der Waals surface area contributed by atoms with Crippen LogP contribution in [0.2, 0.25) is 0 Å². The average molecular weight is 276 g/mol. The molecule has 0 radical (unpaired) electrons. The van der Waals surface area contributed by atoms with Gasteiger partial charge in [-0.15, -0.1) is 0 Å². The highest BCUT2D eigenvalue weighted by Gasteiger charge is 2.30. The highest BCUT2D eigenvalue weighted by atomic mass is 15.1. The first-order chi connectivity index (χ1) is 9.36. The molecule has 0 bridgehead atoms. The summed E-state index contributed by atoms with van der Waals surface area (Å²) in [6.45, 7) is 11.6. The number of hydrogen-bond acceptors (Lipinski definition) is 2. The number of nitrogens with zero attached hydrogens (tertiary/aromatic N) is 1. The topological polar surface area (TPSA) is 15.3 Å². The third-order valence-electron chi connectivity index (χ3n) is 3.97. The average Bonchev–Trinajstić information content (AvgIpc) is 2.37. The second-order valence-electron chi connectivity index (χ2n) is 7.04. The van der Waals surface area contributed by atoms with Crippen molar-refractivity contribution >= 4 is 0 Å². The lowest BCUT2D eigenvalue weighted by atomic mass is 9.80. The van der Waals surface area contributed by atoms with E-state index in [1.165, 1.54) is 18.5 Å². The molecule has 1 aromatic rings. The quantitative estimate of drug-likeness (QED) is 0.773. The Morgan fingerprint density at radius 3 is 2.25 bits per heavy atom. The minimum atomic E-state index is 0.196. The Labute approximate surface area is 125 Å². The fourth-order valence-corrected chi connectivity index (χ4v) is 3.00. The number of rotatable bonds is 8. The Morgan fingerprint density at radius 2 is 1.75 bits per heavy atom. The first kappa shape index (κ1) is 17.2. The van der Waals surface area contributed by atoms with Crippen molar-refractivity contribution in [3.05, 3.63) is 35.9 Å². The van der Waals surface area contributed by atoms with Crippen molar-refractivity contribution in [1.29, 1.82) is 0 Å². The Bertz CT molecular complexity index is 370. The van der Waals surface area contributed by atoms with Crippen molar-refractivity contribution < 1.29 is 0 Å². The first-order valence-electron chi connectivity index (χ1n) is 7.77. The molecule has 0 aliphatic rings. The summed E-state index contributed by atoms with van der Waals surface area (Å²) in [5.74, 6) is 0.773. The molecule has 1 aromatic carbocycles. The molecule has 0 amide bonds. The van der Waals surface area contributed by atoms with Crippen LogP contribution in [0.15, 0.2) is 30.3 Å². The molecule has 0 fully saturated rings. The molecule has 20 heavy (non-hydrogen) atoms. The van der Waals surface area contributed by atoms with E-state index >= 15 is 0 Å². The Morgan fingerprint density at radius 1 is 1.15 bits per heavy atom. The largest absolute Gasteiger partial charge is 0.313 e. The number of nitrogens with one attached hydrogen (secondary N) is 1. The molecule has 1 N–H and O–H groups in total. The summed E-state index contributed by atoms with van der Waals surface area (Å²) >= 11 is 0. The smallest absolute Gasteiger partial charge is 0.0381 e. The van der Waals surface area contributed by atoms with E-state index in [1.54, 1.807) is 0 Å². The standard InChI is InChI=1S/C18H32N2/c1-15(2)12-13-20(6)14-18(3,4)17(19-5)16-10-8-7-9-11-16/h7-11,15,17,19H,12-14H2,1-6H3. The Balaban J connectivity index is 2.70. The van der Waals surface area contributed by atoms with E-state index in [1.807, 2.05) is 0 Å². The van der Waals surface area contributed by atoms with Gasteiger partial charge in [0.15, 0.2) is 0 Å². The van der Waals surface area contributed by atoms with Crippen LogP contribution in [0.1, 0.15) is 45.7 Å². The van der Waals surface area contributed by atoms with Gasteiger partial charge in [0.25, 0.3) is 0 Å². The van der Waals surface area contributed by atoms with Crippen molar-refractivity contribution in [3.63, 3.8) is 0 Å². The van der Waals surface area contributed by atoms with Gasteiger partial charge in [0, 0.05) is 12.6 Å². The summed E-state index contributed by atoms with van der Waals surface area (Å²) in [5, 5.41) is 3.50.